The zero-order valence-electron chi connectivity index (χ0n) is 18.1. The second-order valence-corrected chi connectivity index (χ2v) is 7.68. The Morgan fingerprint density at radius 3 is 2.59 bits per heavy atom. The number of carbonyl (C=O) groups excluding carboxylic acids is 3. The van der Waals surface area contributed by atoms with E-state index in [0.717, 1.165) is 0 Å². The second-order valence-electron chi connectivity index (χ2n) is 7.68. The number of nitrogen functional groups attached to an aromatic ring is 1. The fourth-order valence-electron chi connectivity index (χ4n) is 3.69. The molecule has 0 bridgehead atoms. The molecule has 1 aromatic carbocycles. The highest BCUT2D eigenvalue weighted by Gasteiger charge is 2.39. The summed E-state index contributed by atoms with van der Waals surface area (Å²) in [7, 11) is 0. The van der Waals surface area contributed by atoms with Crippen molar-refractivity contribution in [2.24, 2.45) is 5.73 Å². The van der Waals surface area contributed by atoms with Gasteiger partial charge in [-0.25, -0.2) is 0 Å². The number of nitrogens with two attached hydrogens (primary N) is 1. The summed E-state index contributed by atoms with van der Waals surface area (Å²) in [6.07, 6.45) is -1.89. The van der Waals surface area contributed by atoms with Crippen LogP contribution < -0.4 is 20.9 Å². The molecule has 2 atom stereocenters. The van der Waals surface area contributed by atoms with E-state index in [-0.39, 0.29) is 42.9 Å². The van der Waals surface area contributed by atoms with Crippen molar-refractivity contribution in [3.63, 3.8) is 0 Å². The second kappa shape index (κ2) is 9.95. The van der Waals surface area contributed by atoms with E-state index in [4.69, 9.17) is 20.6 Å². The normalized spacial score (nSPS) is 19.6. The van der Waals surface area contributed by atoms with Gasteiger partial charge >= 0.3 is 0 Å². The van der Waals surface area contributed by atoms with Gasteiger partial charge in [-0.05, 0) is 30.3 Å². The number of rotatable bonds is 6. The number of amides is 3. The number of aliphatic hydroxyl groups excluding tert-OH is 1. The van der Waals surface area contributed by atoms with Gasteiger partial charge in [-0.2, -0.15) is 0 Å². The van der Waals surface area contributed by atoms with Crippen molar-refractivity contribution in [3.8, 4) is 0 Å². The Hall–Kier alpha value is -3.87. The van der Waals surface area contributed by atoms with Gasteiger partial charge in [-0.15, -0.1) is 0 Å². The molecule has 2 aliphatic rings. The smallest absolute Gasteiger partial charge is 0.259 e. The minimum atomic E-state index is -1.77. The van der Waals surface area contributed by atoms with Crippen LogP contribution in [0.2, 0.25) is 0 Å². The summed E-state index contributed by atoms with van der Waals surface area (Å²) in [6.45, 7) is 1.15. The predicted molar refractivity (Wildman–Crippen MR) is 122 cm³/mol. The van der Waals surface area contributed by atoms with Crippen molar-refractivity contribution >= 4 is 40.6 Å². The molecular weight excluding hydrogens is 444 g/mol. The Morgan fingerprint density at radius 1 is 1.18 bits per heavy atom. The minimum absolute atomic E-state index is 0.00289. The largest absolute Gasteiger partial charge is 0.382 e. The average molecular weight is 468 g/mol. The van der Waals surface area contributed by atoms with Crippen LogP contribution in [0.5, 0.6) is 0 Å². The molecule has 12 heteroatoms. The number of morpholine rings is 2. The van der Waals surface area contributed by atoms with E-state index in [2.05, 4.69) is 10.3 Å². The van der Waals surface area contributed by atoms with Crippen LogP contribution in [0.4, 0.5) is 17.1 Å². The quantitative estimate of drug-likeness (QED) is 0.323. The lowest BCUT2D eigenvalue weighted by molar-refractivity contribution is -0.150. The molecule has 5 N–H and O–H groups in total. The van der Waals surface area contributed by atoms with E-state index in [1.807, 2.05) is 0 Å². The van der Waals surface area contributed by atoms with E-state index in [1.165, 1.54) is 23.2 Å². The van der Waals surface area contributed by atoms with E-state index < -0.39 is 24.0 Å². The third-order valence-corrected chi connectivity index (χ3v) is 5.42. The van der Waals surface area contributed by atoms with Crippen LogP contribution in [0.3, 0.4) is 0 Å². The Balaban J connectivity index is 1.46. The third-order valence-electron chi connectivity index (χ3n) is 5.42. The monoisotopic (exact) mass is 468 g/mol. The summed E-state index contributed by atoms with van der Waals surface area (Å²) < 4.78 is 10.6. The maximum Gasteiger partial charge on any atom is 0.259 e. The molecule has 2 saturated heterocycles. The number of anilines is 3. The van der Waals surface area contributed by atoms with Crippen molar-refractivity contribution in [1.82, 2.24) is 4.98 Å². The molecule has 34 heavy (non-hydrogen) atoms. The molecule has 0 saturated carbocycles. The Labute approximate surface area is 194 Å². The highest BCUT2D eigenvalue weighted by Crippen LogP contribution is 2.26. The van der Waals surface area contributed by atoms with Crippen LogP contribution in [0.15, 0.2) is 42.6 Å². The molecule has 3 amide bonds. The first-order valence-corrected chi connectivity index (χ1v) is 10.6. The zero-order valence-corrected chi connectivity index (χ0v) is 18.1. The number of hydrogen-bond donors (Lipinski definition) is 4. The van der Waals surface area contributed by atoms with Crippen molar-refractivity contribution in [3.05, 3.63) is 48.3 Å². The van der Waals surface area contributed by atoms with E-state index in [9.17, 15) is 19.5 Å². The molecule has 0 spiro atoms. The molecule has 2 aliphatic heterocycles. The lowest BCUT2D eigenvalue weighted by Gasteiger charge is -2.35. The molecule has 2 aromatic rings. The number of benzene rings is 1. The first-order chi connectivity index (χ1) is 16.3. The zero-order chi connectivity index (χ0) is 24.2. The SMILES string of the molecule is N=C(N)c1ccc(NC(=O)C(O)[C@H]2OCCN(c3cccc(N4CCOCC4=O)c3)C2=O)cn1. The molecular formula is C22H24N6O6. The first kappa shape index (κ1) is 23.3. The highest BCUT2D eigenvalue weighted by atomic mass is 16.5. The van der Waals surface area contributed by atoms with Crippen LogP contribution in [-0.2, 0) is 23.9 Å². The third kappa shape index (κ3) is 4.88. The topological polar surface area (TPSA) is 171 Å². The van der Waals surface area contributed by atoms with Gasteiger partial charge in [0.05, 0.1) is 25.1 Å². The summed E-state index contributed by atoms with van der Waals surface area (Å²) in [5, 5.41) is 20.4. The summed E-state index contributed by atoms with van der Waals surface area (Å²) in [5.41, 5.74) is 7.00. The Morgan fingerprint density at radius 2 is 1.91 bits per heavy atom. The standard InChI is InChI=1S/C22H24N6O6/c23-20(24)16-5-4-13(11-25-16)26-21(31)18(30)19-22(32)28(7-9-34-19)15-3-1-2-14(10-15)27-6-8-33-12-17(27)29/h1-5,10-11,18-19,30H,6-9,12H2,(H3,23,24)(H,26,31)/t18?,19-/m1/s1. The number of nitrogens with zero attached hydrogens (tertiary/aromatic N) is 3. The summed E-state index contributed by atoms with van der Waals surface area (Å²) in [4.78, 5) is 44.8. The van der Waals surface area contributed by atoms with E-state index in [1.54, 1.807) is 29.2 Å². The fraction of sp³-hybridized carbons (Fsp3) is 0.318. The highest BCUT2D eigenvalue weighted by molar-refractivity contribution is 6.04. The van der Waals surface area contributed by atoms with Crippen LogP contribution >= 0.6 is 0 Å². The number of carbonyl (C=O) groups is 3. The van der Waals surface area contributed by atoms with Gasteiger partial charge in [0.25, 0.3) is 17.7 Å². The number of aliphatic hydroxyl groups is 1. The van der Waals surface area contributed by atoms with Gasteiger partial charge in [0, 0.05) is 24.5 Å². The van der Waals surface area contributed by atoms with Gasteiger partial charge in [-0.1, -0.05) is 6.07 Å². The van der Waals surface area contributed by atoms with Gasteiger partial charge in [0.1, 0.15) is 18.1 Å². The number of amidine groups is 1. The van der Waals surface area contributed by atoms with E-state index in [0.29, 0.717) is 24.5 Å². The Kier molecular flexibility index (Phi) is 6.82. The van der Waals surface area contributed by atoms with Crippen LogP contribution in [-0.4, -0.2) is 78.8 Å². The van der Waals surface area contributed by atoms with Crippen molar-refractivity contribution in [2.45, 2.75) is 12.2 Å². The van der Waals surface area contributed by atoms with Crippen LogP contribution in [0, 0.1) is 5.41 Å². The molecule has 4 rings (SSSR count). The molecule has 0 radical (unpaired) electrons. The summed E-state index contributed by atoms with van der Waals surface area (Å²) in [5.74, 6) is -1.82. The molecule has 3 heterocycles. The Bertz CT molecular complexity index is 1110. The van der Waals surface area contributed by atoms with Gasteiger partial charge in [0.2, 0.25) is 0 Å². The van der Waals surface area contributed by atoms with Gasteiger partial charge in [-0.3, -0.25) is 24.8 Å². The predicted octanol–water partition coefficient (Wildman–Crippen LogP) is -0.540. The molecule has 12 nitrogen and oxygen atoms in total. The fourth-order valence-corrected chi connectivity index (χ4v) is 3.69. The van der Waals surface area contributed by atoms with Gasteiger partial charge < -0.3 is 35.4 Å². The molecule has 0 aliphatic carbocycles. The van der Waals surface area contributed by atoms with Crippen LogP contribution in [0.1, 0.15) is 5.69 Å². The van der Waals surface area contributed by atoms with Crippen molar-refractivity contribution in [2.75, 3.05) is 48.0 Å². The average Bonchev–Trinajstić information content (AvgIpc) is 2.84. The lowest BCUT2D eigenvalue weighted by atomic mass is 10.1. The maximum absolute atomic E-state index is 13.1. The lowest BCUT2D eigenvalue weighted by Crippen LogP contribution is -2.55. The summed E-state index contributed by atoms with van der Waals surface area (Å²) in [6, 6.07) is 9.83. The number of pyridine rings is 1. The molecule has 1 unspecified atom stereocenters. The van der Waals surface area contributed by atoms with Crippen molar-refractivity contribution < 1.29 is 29.0 Å². The molecule has 2 fully saturated rings. The summed E-state index contributed by atoms with van der Waals surface area (Å²) >= 11 is 0. The number of hydrogen-bond acceptors (Lipinski definition) is 8. The number of nitrogens with one attached hydrogen (secondary N) is 2. The number of ether oxygens (including phenoxy) is 2. The first-order valence-electron chi connectivity index (χ1n) is 10.6. The molecule has 1 aromatic heterocycles. The number of aromatic nitrogens is 1. The maximum atomic E-state index is 13.1. The van der Waals surface area contributed by atoms with Gasteiger partial charge in [0.15, 0.2) is 12.2 Å². The van der Waals surface area contributed by atoms with E-state index >= 15 is 0 Å². The van der Waals surface area contributed by atoms with Crippen molar-refractivity contribution in [1.29, 1.82) is 5.41 Å². The molecule has 178 valence electrons. The minimum Gasteiger partial charge on any atom is -0.382 e. The van der Waals surface area contributed by atoms with Crippen LogP contribution in [0.25, 0.3) is 0 Å².